The van der Waals surface area contributed by atoms with Crippen LogP contribution >= 0.6 is 0 Å². The molecule has 0 radical (unpaired) electrons. The van der Waals surface area contributed by atoms with E-state index in [0.717, 1.165) is 39.1 Å². The number of aromatic nitrogens is 2. The third-order valence-corrected chi connectivity index (χ3v) is 5.24. The SMILES string of the molecule is Cc1cc(NC(C)CCn2cccn2)cc(N2CCN(C(C)C)CC2)c1. The minimum absolute atomic E-state index is 0.409. The molecule has 2 heterocycles. The lowest BCUT2D eigenvalue weighted by atomic mass is 10.1. The van der Waals surface area contributed by atoms with E-state index in [1.165, 1.54) is 16.9 Å². The number of anilines is 2. The van der Waals surface area contributed by atoms with E-state index in [4.69, 9.17) is 0 Å². The molecular weight excluding hydrogens is 322 g/mol. The first-order valence-corrected chi connectivity index (χ1v) is 9.86. The van der Waals surface area contributed by atoms with Crippen LogP contribution in [0.2, 0.25) is 0 Å². The highest BCUT2D eigenvalue weighted by Crippen LogP contribution is 2.24. The summed E-state index contributed by atoms with van der Waals surface area (Å²) in [4.78, 5) is 5.08. The summed E-state index contributed by atoms with van der Waals surface area (Å²) in [5, 5.41) is 7.95. The van der Waals surface area contributed by atoms with Crippen LogP contribution in [0.3, 0.4) is 0 Å². The van der Waals surface area contributed by atoms with Crippen molar-refractivity contribution in [3.63, 3.8) is 0 Å². The first-order valence-electron chi connectivity index (χ1n) is 9.86. The second-order valence-corrected chi connectivity index (χ2v) is 7.78. The van der Waals surface area contributed by atoms with Crippen LogP contribution in [0.15, 0.2) is 36.7 Å². The molecule has 2 aromatic rings. The van der Waals surface area contributed by atoms with Crippen molar-refractivity contribution in [2.75, 3.05) is 36.4 Å². The van der Waals surface area contributed by atoms with Gasteiger partial charge in [0.2, 0.25) is 0 Å². The number of hydrogen-bond donors (Lipinski definition) is 1. The molecule has 1 aromatic heterocycles. The molecule has 26 heavy (non-hydrogen) atoms. The molecule has 0 spiro atoms. The van der Waals surface area contributed by atoms with Crippen molar-refractivity contribution in [3.8, 4) is 0 Å². The fourth-order valence-corrected chi connectivity index (χ4v) is 3.64. The number of nitrogens with zero attached hydrogens (tertiary/aromatic N) is 4. The van der Waals surface area contributed by atoms with Crippen molar-refractivity contribution < 1.29 is 0 Å². The molecule has 3 rings (SSSR count). The lowest BCUT2D eigenvalue weighted by molar-refractivity contribution is 0.209. The summed E-state index contributed by atoms with van der Waals surface area (Å²) in [7, 11) is 0. The van der Waals surface area contributed by atoms with Crippen LogP contribution in [0.5, 0.6) is 0 Å². The number of piperazine rings is 1. The molecule has 142 valence electrons. The summed E-state index contributed by atoms with van der Waals surface area (Å²) in [5.41, 5.74) is 3.88. The number of rotatable bonds is 7. The van der Waals surface area contributed by atoms with Gasteiger partial charge in [0.05, 0.1) is 0 Å². The molecule has 1 aromatic carbocycles. The number of benzene rings is 1. The Kier molecular flexibility index (Phi) is 6.20. The Hall–Kier alpha value is -2.01. The fourth-order valence-electron chi connectivity index (χ4n) is 3.64. The first kappa shape index (κ1) is 18.8. The molecular formula is C21H33N5. The van der Waals surface area contributed by atoms with Gasteiger partial charge in [0, 0.05) is 68.6 Å². The second kappa shape index (κ2) is 8.58. The summed E-state index contributed by atoms with van der Waals surface area (Å²) in [6.07, 6.45) is 4.91. The van der Waals surface area contributed by atoms with Crippen LogP contribution in [-0.2, 0) is 6.54 Å². The fraction of sp³-hybridized carbons (Fsp3) is 0.571. The van der Waals surface area contributed by atoms with Crippen LogP contribution in [0.25, 0.3) is 0 Å². The van der Waals surface area contributed by atoms with Gasteiger partial charge >= 0.3 is 0 Å². The van der Waals surface area contributed by atoms with Crippen LogP contribution in [0.1, 0.15) is 32.8 Å². The van der Waals surface area contributed by atoms with Gasteiger partial charge in [0.25, 0.3) is 0 Å². The van der Waals surface area contributed by atoms with E-state index in [1.54, 1.807) is 0 Å². The van der Waals surface area contributed by atoms with Crippen LogP contribution in [-0.4, -0.2) is 52.9 Å². The molecule has 1 fully saturated rings. The number of hydrogen-bond acceptors (Lipinski definition) is 4. The predicted octanol–water partition coefficient (Wildman–Crippen LogP) is 3.61. The molecule has 1 atom stereocenters. The van der Waals surface area contributed by atoms with E-state index in [0.29, 0.717) is 12.1 Å². The molecule has 1 aliphatic rings. The zero-order valence-electron chi connectivity index (χ0n) is 16.7. The summed E-state index contributed by atoms with van der Waals surface area (Å²) in [5.74, 6) is 0. The Bertz CT molecular complexity index is 672. The smallest absolute Gasteiger partial charge is 0.0489 e. The van der Waals surface area contributed by atoms with E-state index in [-0.39, 0.29) is 0 Å². The van der Waals surface area contributed by atoms with Crippen LogP contribution in [0, 0.1) is 6.92 Å². The quantitative estimate of drug-likeness (QED) is 0.823. The minimum atomic E-state index is 0.409. The van der Waals surface area contributed by atoms with Crippen LogP contribution in [0.4, 0.5) is 11.4 Å². The molecule has 1 unspecified atom stereocenters. The van der Waals surface area contributed by atoms with Gasteiger partial charge in [0.15, 0.2) is 0 Å². The van der Waals surface area contributed by atoms with Gasteiger partial charge in [-0.1, -0.05) is 0 Å². The molecule has 1 saturated heterocycles. The van der Waals surface area contributed by atoms with E-state index >= 15 is 0 Å². The number of aryl methyl sites for hydroxylation is 2. The van der Waals surface area contributed by atoms with E-state index < -0.39 is 0 Å². The summed E-state index contributed by atoms with van der Waals surface area (Å²) in [6.45, 7) is 14.5. The Morgan fingerprint density at radius 1 is 1.08 bits per heavy atom. The molecule has 0 aliphatic carbocycles. The molecule has 1 N–H and O–H groups in total. The Morgan fingerprint density at radius 2 is 1.85 bits per heavy atom. The average Bonchev–Trinajstić information content (AvgIpc) is 3.13. The molecule has 5 heteroatoms. The maximum Gasteiger partial charge on any atom is 0.0489 e. The molecule has 0 bridgehead atoms. The zero-order valence-corrected chi connectivity index (χ0v) is 16.7. The third-order valence-electron chi connectivity index (χ3n) is 5.24. The van der Waals surface area contributed by atoms with Gasteiger partial charge in [-0.3, -0.25) is 9.58 Å². The molecule has 5 nitrogen and oxygen atoms in total. The monoisotopic (exact) mass is 355 g/mol. The Labute approximate surface area is 158 Å². The van der Waals surface area contributed by atoms with E-state index in [1.807, 2.05) is 23.1 Å². The molecule has 0 amide bonds. The van der Waals surface area contributed by atoms with Gasteiger partial charge in [-0.25, -0.2) is 0 Å². The van der Waals surface area contributed by atoms with Gasteiger partial charge in [-0.05, 0) is 63.9 Å². The van der Waals surface area contributed by atoms with Crippen molar-refractivity contribution in [2.45, 2.75) is 52.7 Å². The van der Waals surface area contributed by atoms with Crippen molar-refractivity contribution in [2.24, 2.45) is 0 Å². The average molecular weight is 356 g/mol. The summed E-state index contributed by atoms with van der Waals surface area (Å²) >= 11 is 0. The van der Waals surface area contributed by atoms with Crippen molar-refractivity contribution in [1.82, 2.24) is 14.7 Å². The second-order valence-electron chi connectivity index (χ2n) is 7.78. The highest BCUT2D eigenvalue weighted by Gasteiger charge is 2.19. The minimum Gasteiger partial charge on any atom is -0.382 e. The normalized spacial score (nSPS) is 16.9. The predicted molar refractivity (Wildman–Crippen MR) is 110 cm³/mol. The maximum atomic E-state index is 4.28. The van der Waals surface area contributed by atoms with Crippen molar-refractivity contribution >= 4 is 11.4 Å². The zero-order chi connectivity index (χ0) is 18.5. The largest absolute Gasteiger partial charge is 0.382 e. The summed E-state index contributed by atoms with van der Waals surface area (Å²) < 4.78 is 1.99. The maximum absolute atomic E-state index is 4.28. The molecule has 0 saturated carbocycles. The standard InChI is InChI=1S/C21H33N5/c1-17(2)24-10-12-25(13-11-24)21-15-18(3)14-20(16-21)23-19(4)6-9-26-8-5-7-22-26/h5,7-8,14-17,19,23H,6,9-13H2,1-4H3. The van der Waals surface area contributed by atoms with Gasteiger partial charge in [-0.15, -0.1) is 0 Å². The topological polar surface area (TPSA) is 36.3 Å². The highest BCUT2D eigenvalue weighted by atomic mass is 15.3. The molecule has 1 aliphatic heterocycles. The number of nitrogens with one attached hydrogen (secondary N) is 1. The van der Waals surface area contributed by atoms with Gasteiger partial charge in [-0.2, -0.15) is 5.10 Å². The van der Waals surface area contributed by atoms with Crippen molar-refractivity contribution in [3.05, 3.63) is 42.2 Å². The van der Waals surface area contributed by atoms with Crippen molar-refractivity contribution in [1.29, 1.82) is 0 Å². The summed E-state index contributed by atoms with van der Waals surface area (Å²) in [6, 6.07) is 9.89. The van der Waals surface area contributed by atoms with Gasteiger partial charge < -0.3 is 10.2 Å². The van der Waals surface area contributed by atoms with E-state index in [9.17, 15) is 0 Å². The van der Waals surface area contributed by atoms with Gasteiger partial charge in [0.1, 0.15) is 0 Å². The third kappa shape index (κ3) is 5.01. The lowest BCUT2D eigenvalue weighted by Gasteiger charge is -2.38. The Morgan fingerprint density at radius 3 is 2.50 bits per heavy atom. The Balaban J connectivity index is 1.58. The van der Waals surface area contributed by atoms with Crippen LogP contribution < -0.4 is 10.2 Å². The lowest BCUT2D eigenvalue weighted by Crippen LogP contribution is -2.48. The first-order chi connectivity index (χ1) is 12.5. The highest BCUT2D eigenvalue weighted by molar-refractivity contribution is 5.61. The van der Waals surface area contributed by atoms with E-state index in [2.05, 4.69) is 66.1 Å².